The number of ether oxygens (including phenoxy) is 1. The number of hydrogen-bond donors (Lipinski definition) is 2. The minimum absolute atomic E-state index is 0.100. The molecule has 7 nitrogen and oxygen atoms in total. The highest BCUT2D eigenvalue weighted by Gasteiger charge is 2.27. The molecule has 0 aliphatic carbocycles. The summed E-state index contributed by atoms with van der Waals surface area (Å²) in [5, 5.41) is 5.98. The number of anilines is 1. The van der Waals surface area contributed by atoms with E-state index in [9.17, 15) is 9.59 Å². The molecule has 3 aromatic rings. The predicted octanol–water partition coefficient (Wildman–Crippen LogP) is 3.65. The normalized spacial score (nSPS) is 16.9. The highest BCUT2D eigenvalue weighted by Crippen LogP contribution is 2.22. The van der Waals surface area contributed by atoms with Gasteiger partial charge in [0.1, 0.15) is 18.5 Å². The van der Waals surface area contributed by atoms with Crippen molar-refractivity contribution in [2.75, 3.05) is 11.9 Å². The summed E-state index contributed by atoms with van der Waals surface area (Å²) in [6, 6.07) is 13.3. The lowest BCUT2D eigenvalue weighted by Crippen LogP contribution is -2.37. The number of rotatable bonds is 6. The fourth-order valence-electron chi connectivity index (χ4n) is 4.14. The Morgan fingerprint density at radius 3 is 2.65 bits per heavy atom. The van der Waals surface area contributed by atoms with Crippen LogP contribution >= 0.6 is 0 Å². The van der Waals surface area contributed by atoms with Gasteiger partial charge in [0.25, 0.3) is 0 Å². The SMILES string of the molecule is Cc1cc(C)cc(NC(=O)Cn2c(C(C)NC(=O)C3CCCO3)nc3ccccc32)c1. The lowest BCUT2D eigenvalue weighted by Gasteiger charge is -2.18. The molecule has 2 N–H and O–H groups in total. The van der Waals surface area contributed by atoms with Crippen LogP contribution in [0.3, 0.4) is 0 Å². The summed E-state index contributed by atoms with van der Waals surface area (Å²) < 4.78 is 7.36. The van der Waals surface area contributed by atoms with Crippen molar-refractivity contribution < 1.29 is 14.3 Å². The Labute approximate surface area is 181 Å². The molecule has 0 radical (unpaired) electrons. The van der Waals surface area contributed by atoms with Crippen molar-refractivity contribution in [2.24, 2.45) is 0 Å². The first-order valence-electron chi connectivity index (χ1n) is 10.7. The zero-order valence-electron chi connectivity index (χ0n) is 18.1. The quantitative estimate of drug-likeness (QED) is 0.637. The number of nitrogens with one attached hydrogen (secondary N) is 2. The Morgan fingerprint density at radius 1 is 1.19 bits per heavy atom. The Balaban J connectivity index is 1.57. The Bertz CT molecular complexity index is 1090. The summed E-state index contributed by atoms with van der Waals surface area (Å²) in [5.74, 6) is 0.360. The van der Waals surface area contributed by atoms with Gasteiger partial charge in [-0.3, -0.25) is 9.59 Å². The third-order valence-electron chi connectivity index (χ3n) is 5.46. The van der Waals surface area contributed by atoms with E-state index >= 15 is 0 Å². The molecule has 31 heavy (non-hydrogen) atoms. The van der Waals surface area contributed by atoms with Gasteiger partial charge in [0.2, 0.25) is 11.8 Å². The molecule has 4 rings (SSSR count). The van der Waals surface area contributed by atoms with E-state index in [4.69, 9.17) is 9.72 Å². The van der Waals surface area contributed by atoms with Crippen LogP contribution in [-0.4, -0.2) is 34.1 Å². The number of imidazole rings is 1. The summed E-state index contributed by atoms with van der Waals surface area (Å²) in [5.41, 5.74) is 4.60. The summed E-state index contributed by atoms with van der Waals surface area (Å²) >= 11 is 0. The number of aryl methyl sites for hydroxylation is 2. The molecule has 1 aliphatic heterocycles. The van der Waals surface area contributed by atoms with Gasteiger partial charge in [-0.1, -0.05) is 18.2 Å². The van der Waals surface area contributed by atoms with Gasteiger partial charge in [-0.05, 0) is 69.0 Å². The van der Waals surface area contributed by atoms with E-state index < -0.39 is 6.10 Å². The van der Waals surface area contributed by atoms with Crippen LogP contribution in [0.25, 0.3) is 11.0 Å². The number of para-hydroxylation sites is 2. The highest BCUT2D eigenvalue weighted by molar-refractivity contribution is 5.92. The van der Waals surface area contributed by atoms with E-state index in [2.05, 4.69) is 16.7 Å². The lowest BCUT2D eigenvalue weighted by molar-refractivity contribution is -0.130. The van der Waals surface area contributed by atoms with Gasteiger partial charge < -0.3 is 19.9 Å². The highest BCUT2D eigenvalue weighted by atomic mass is 16.5. The van der Waals surface area contributed by atoms with Gasteiger partial charge >= 0.3 is 0 Å². The molecule has 7 heteroatoms. The van der Waals surface area contributed by atoms with Crippen LogP contribution in [0.4, 0.5) is 5.69 Å². The second-order valence-corrected chi connectivity index (χ2v) is 8.20. The first-order chi connectivity index (χ1) is 14.9. The minimum Gasteiger partial charge on any atom is -0.368 e. The molecule has 0 spiro atoms. The third kappa shape index (κ3) is 4.77. The Morgan fingerprint density at radius 2 is 1.94 bits per heavy atom. The molecule has 2 unspecified atom stereocenters. The van der Waals surface area contributed by atoms with Crippen LogP contribution in [0.1, 0.15) is 42.8 Å². The standard InChI is InChI=1S/C24H28N4O3/c1-15-11-16(2)13-18(12-15)26-22(29)14-28-20-8-5-4-7-19(20)27-23(28)17(3)25-24(30)21-9-6-10-31-21/h4-5,7-8,11-13,17,21H,6,9-10,14H2,1-3H3,(H,25,30)(H,26,29). The lowest BCUT2D eigenvalue weighted by atomic mass is 10.1. The van der Waals surface area contributed by atoms with Gasteiger partial charge in [0.15, 0.2) is 0 Å². The fraction of sp³-hybridized carbons (Fsp3) is 0.375. The second kappa shape index (κ2) is 8.89. The predicted molar refractivity (Wildman–Crippen MR) is 120 cm³/mol. The van der Waals surface area contributed by atoms with E-state index in [1.54, 1.807) is 0 Å². The number of benzene rings is 2. The minimum atomic E-state index is -0.409. The second-order valence-electron chi connectivity index (χ2n) is 8.20. The van der Waals surface area contributed by atoms with E-state index in [0.29, 0.717) is 12.4 Å². The van der Waals surface area contributed by atoms with Gasteiger partial charge in [-0.15, -0.1) is 0 Å². The summed E-state index contributed by atoms with van der Waals surface area (Å²) in [6.45, 7) is 6.60. The first-order valence-corrected chi connectivity index (χ1v) is 10.7. The van der Waals surface area contributed by atoms with Crippen molar-refractivity contribution in [1.29, 1.82) is 0 Å². The van der Waals surface area contributed by atoms with Gasteiger partial charge in [-0.25, -0.2) is 4.98 Å². The van der Waals surface area contributed by atoms with Crippen molar-refractivity contribution in [3.8, 4) is 0 Å². The molecule has 0 bridgehead atoms. The molecule has 1 aliphatic rings. The van der Waals surface area contributed by atoms with E-state index in [-0.39, 0.29) is 24.4 Å². The van der Waals surface area contributed by atoms with Gasteiger partial charge in [-0.2, -0.15) is 0 Å². The summed E-state index contributed by atoms with van der Waals surface area (Å²) in [7, 11) is 0. The zero-order chi connectivity index (χ0) is 22.0. The maximum absolute atomic E-state index is 12.9. The molecule has 0 saturated carbocycles. The average Bonchev–Trinajstić information content (AvgIpc) is 3.36. The number of fused-ring (bicyclic) bond motifs is 1. The molecule has 2 aromatic carbocycles. The van der Waals surface area contributed by atoms with Crippen LogP contribution in [0.2, 0.25) is 0 Å². The topological polar surface area (TPSA) is 85.2 Å². The molecule has 1 fully saturated rings. The monoisotopic (exact) mass is 420 g/mol. The van der Waals surface area contributed by atoms with Crippen LogP contribution in [0.15, 0.2) is 42.5 Å². The van der Waals surface area contributed by atoms with E-state index in [1.807, 2.05) is 61.7 Å². The molecule has 1 aromatic heterocycles. The van der Waals surface area contributed by atoms with Crippen LogP contribution < -0.4 is 10.6 Å². The first kappa shape index (κ1) is 21.1. The molecule has 162 valence electrons. The Hall–Kier alpha value is -3.19. The number of carbonyl (C=O) groups is 2. The third-order valence-corrected chi connectivity index (χ3v) is 5.46. The number of amides is 2. The zero-order valence-corrected chi connectivity index (χ0v) is 18.1. The van der Waals surface area contributed by atoms with Crippen LogP contribution in [0.5, 0.6) is 0 Å². The number of nitrogens with zero attached hydrogens (tertiary/aromatic N) is 2. The molecular weight excluding hydrogens is 392 g/mol. The number of aromatic nitrogens is 2. The van der Waals surface area contributed by atoms with Gasteiger partial charge in [0.05, 0.1) is 17.1 Å². The molecule has 2 amide bonds. The summed E-state index contributed by atoms with van der Waals surface area (Å²) in [4.78, 5) is 30.1. The van der Waals surface area contributed by atoms with Gasteiger partial charge in [0, 0.05) is 12.3 Å². The maximum atomic E-state index is 12.9. The summed E-state index contributed by atoms with van der Waals surface area (Å²) in [6.07, 6.45) is 1.21. The molecule has 2 atom stereocenters. The van der Waals surface area contributed by atoms with Crippen LogP contribution in [0, 0.1) is 13.8 Å². The van der Waals surface area contributed by atoms with Crippen molar-refractivity contribution in [1.82, 2.24) is 14.9 Å². The van der Waals surface area contributed by atoms with E-state index in [0.717, 1.165) is 40.7 Å². The largest absolute Gasteiger partial charge is 0.368 e. The van der Waals surface area contributed by atoms with Crippen molar-refractivity contribution in [2.45, 2.75) is 52.3 Å². The van der Waals surface area contributed by atoms with E-state index in [1.165, 1.54) is 0 Å². The number of hydrogen-bond acceptors (Lipinski definition) is 4. The molecule has 2 heterocycles. The molecule has 1 saturated heterocycles. The molecular formula is C24H28N4O3. The van der Waals surface area contributed by atoms with Crippen molar-refractivity contribution >= 4 is 28.5 Å². The smallest absolute Gasteiger partial charge is 0.249 e. The maximum Gasteiger partial charge on any atom is 0.249 e. The number of carbonyl (C=O) groups excluding carboxylic acids is 2. The van der Waals surface area contributed by atoms with Crippen molar-refractivity contribution in [3.63, 3.8) is 0 Å². The fourth-order valence-corrected chi connectivity index (χ4v) is 4.14. The average molecular weight is 421 g/mol. The Kier molecular flexibility index (Phi) is 6.04. The van der Waals surface area contributed by atoms with Crippen LogP contribution in [-0.2, 0) is 20.9 Å². The van der Waals surface area contributed by atoms with Crippen molar-refractivity contribution in [3.05, 3.63) is 59.4 Å².